The van der Waals surface area contributed by atoms with Gasteiger partial charge in [-0.3, -0.25) is 0 Å². The van der Waals surface area contributed by atoms with Crippen LogP contribution in [0.3, 0.4) is 0 Å². The highest BCUT2D eigenvalue weighted by molar-refractivity contribution is 5.39. The number of ether oxygens (including phenoxy) is 1. The van der Waals surface area contributed by atoms with Gasteiger partial charge in [0.15, 0.2) is 0 Å². The summed E-state index contributed by atoms with van der Waals surface area (Å²) in [5, 5.41) is 3.20. The van der Waals surface area contributed by atoms with Gasteiger partial charge in [-0.25, -0.2) is 0 Å². The normalized spacial score (nSPS) is 15.2. The third-order valence-electron chi connectivity index (χ3n) is 3.00. The average molecular weight is 285 g/mol. The van der Waals surface area contributed by atoms with Gasteiger partial charge in [0, 0.05) is 12.6 Å². The first kappa shape index (κ1) is 14.9. The van der Waals surface area contributed by atoms with E-state index in [4.69, 9.17) is 4.74 Å². The summed E-state index contributed by atoms with van der Waals surface area (Å²) in [5.41, 5.74) is 0.568. The standard InChI is InChI=1S/C15H18F3NO/c1-10(2)9-20-14-6-3-11(8-19-12-4-5-12)7-13(14)15(16,17)18/h3,6-7,12,19H,1,4-5,8-9H2,2H3. The Bertz CT molecular complexity index is 492. The molecule has 0 atom stereocenters. The van der Waals surface area contributed by atoms with Crippen LogP contribution in [0.5, 0.6) is 5.75 Å². The highest BCUT2D eigenvalue weighted by Crippen LogP contribution is 2.37. The lowest BCUT2D eigenvalue weighted by Gasteiger charge is -2.15. The second-order valence-electron chi connectivity index (χ2n) is 5.23. The first-order valence-corrected chi connectivity index (χ1v) is 6.57. The van der Waals surface area contributed by atoms with E-state index in [1.165, 1.54) is 6.07 Å². The molecule has 0 aromatic heterocycles. The smallest absolute Gasteiger partial charge is 0.419 e. The molecule has 0 saturated heterocycles. The Kier molecular flexibility index (Phi) is 4.38. The first-order valence-electron chi connectivity index (χ1n) is 6.57. The average Bonchev–Trinajstić information content (AvgIpc) is 3.17. The molecule has 1 aliphatic rings. The van der Waals surface area contributed by atoms with Gasteiger partial charge >= 0.3 is 6.18 Å². The topological polar surface area (TPSA) is 21.3 Å². The predicted molar refractivity (Wildman–Crippen MR) is 71.6 cm³/mol. The van der Waals surface area contributed by atoms with Crippen LogP contribution in [-0.2, 0) is 12.7 Å². The number of alkyl halides is 3. The van der Waals surface area contributed by atoms with Crippen LogP contribution in [0, 0.1) is 0 Å². The van der Waals surface area contributed by atoms with E-state index in [2.05, 4.69) is 11.9 Å². The summed E-state index contributed by atoms with van der Waals surface area (Å²) in [5.74, 6) is -0.143. The third-order valence-corrected chi connectivity index (χ3v) is 3.00. The number of benzene rings is 1. The molecule has 110 valence electrons. The van der Waals surface area contributed by atoms with E-state index in [1.807, 2.05) is 0 Å². The van der Waals surface area contributed by atoms with E-state index in [9.17, 15) is 13.2 Å². The summed E-state index contributed by atoms with van der Waals surface area (Å²) in [7, 11) is 0. The van der Waals surface area contributed by atoms with E-state index < -0.39 is 11.7 Å². The van der Waals surface area contributed by atoms with Crippen molar-refractivity contribution in [1.29, 1.82) is 0 Å². The second kappa shape index (κ2) is 5.87. The summed E-state index contributed by atoms with van der Waals surface area (Å²) < 4.78 is 44.3. The molecule has 0 heterocycles. The van der Waals surface area contributed by atoms with Gasteiger partial charge in [0.25, 0.3) is 0 Å². The Hall–Kier alpha value is -1.49. The fourth-order valence-corrected chi connectivity index (χ4v) is 1.79. The molecule has 0 spiro atoms. The molecule has 5 heteroatoms. The lowest BCUT2D eigenvalue weighted by Crippen LogP contribution is -2.16. The highest BCUT2D eigenvalue weighted by Gasteiger charge is 2.34. The molecule has 1 aromatic rings. The molecule has 0 unspecified atom stereocenters. The van der Waals surface area contributed by atoms with Crippen LogP contribution in [0.4, 0.5) is 13.2 Å². The first-order chi connectivity index (χ1) is 9.36. The van der Waals surface area contributed by atoms with Gasteiger partial charge in [0.1, 0.15) is 12.4 Å². The zero-order chi connectivity index (χ0) is 14.8. The Morgan fingerprint density at radius 2 is 2.10 bits per heavy atom. The summed E-state index contributed by atoms with van der Waals surface area (Å²) in [6, 6.07) is 4.67. The molecule has 1 aromatic carbocycles. The molecule has 0 amide bonds. The van der Waals surface area contributed by atoms with Gasteiger partial charge in [0.2, 0.25) is 0 Å². The molecular weight excluding hydrogens is 267 g/mol. The number of nitrogens with one attached hydrogen (secondary N) is 1. The number of hydrogen-bond acceptors (Lipinski definition) is 2. The maximum atomic E-state index is 13.0. The lowest BCUT2D eigenvalue weighted by molar-refractivity contribution is -0.138. The van der Waals surface area contributed by atoms with Gasteiger partial charge in [-0.1, -0.05) is 12.6 Å². The van der Waals surface area contributed by atoms with Crippen molar-refractivity contribution in [1.82, 2.24) is 5.32 Å². The molecule has 1 saturated carbocycles. The van der Waals surface area contributed by atoms with E-state index in [0.717, 1.165) is 18.9 Å². The molecule has 1 fully saturated rings. The highest BCUT2D eigenvalue weighted by atomic mass is 19.4. The quantitative estimate of drug-likeness (QED) is 0.800. The number of hydrogen-bond donors (Lipinski definition) is 1. The molecule has 0 aliphatic heterocycles. The fraction of sp³-hybridized carbons (Fsp3) is 0.467. The van der Waals surface area contributed by atoms with Crippen LogP contribution in [0.2, 0.25) is 0 Å². The molecule has 1 aliphatic carbocycles. The second-order valence-corrected chi connectivity index (χ2v) is 5.23. The van der Waals surface area contributed by atoms with E-state index in [0.29, 0.717) is 23.7 Å². The van der Waals surface area contributed by atoms with Gasteiger partial charge in [-0.15, -0.1) is 0 Å². The maximum absolute atomic E-state index is 13.0. The molecule has 20 heavy (non-hydrogen) atoms. The maximum Gasteiger partial charge on any atom is 0.419 e. The summed E-state index contributed by atoms with van der Waals surface area (Å²) in [6.07, 6.45) is -2.21. The molecule has 1 N–H and O–H groups in total. The predicted octanol–water partition coefficient (Wildman–Crippen LogP) is 3.91. The van der Waals surface area contributed by atoms with Crippen molar-refractivity contribution in [3.05, 3.63) is 41.5 Å². The van der Waals surface area contributed by atoms with Crippen LogP contribution in [0.1, 0.15) is 30.9 Å². The Labute approximate surface area is 116 Å². The number of halogens is 3. The van der Waals surface area contributed by atoms with Crippen LogP contribution in [0.25, 0.3) is 0 Å². The zero-order valence-electron chi connectivity index (χ0n) is 11.4. The lowest BCUT2D eigenvalue weighted by atomic mass is 10.1. The Morgan fingerprint density at radius 1 is 1.40 bits per heavy atom. The van der Waals surface area contributed by atoms with Crippen molar-refractivity contribution in [2.45, 2.75) is 38.5 Å². The number of rotatable bonds is 6. The summed E-state index contributed by atoms with van der Waals surface area (Å²) >= 11 is 0. The summed E-state index contributed by atoms with van der Waals surface area (Å²) in [6.45, 7) is 5.87. The molecule has 2 rings (SSSR count). The van der Waals surface area contributed by atoms with Crippen LogP contribution in [0.15, 0.2) is 30.4 Å². The third kappa shape index (κ3) is 4.27. The van der Waals surface area contributed by atoms with Crippen LogP contribution in [-0.4, -0.2) is 12.6 Å². The largest absolute Gasteiger partial charge is 0.489 e. The minimum absolute atomic E-state index is 0.0861. The van der Waals surface area contributed by atoms with Crippen molar-refractivity contribution in [2.75, 3.05) is 6.61 Å². The van der Waals surface area contributed by atoms with Gasteiger partial charge in [0.05, 0.1) is 5.56 Å². The van der Waals surface area contributed by atoms with Crippen molar-refractivity contribution < 1.29 is 17.9 Å². The molecule has 0 radical (unpaired) electrons. The van der Waals surface area contributed by atoms with Crippen LogP contribution < -0.4 is 10.1 Å². The SMILES string of the molecule is C=C(C)COc1ccc(CNC2CC2)cc1C(F)(F)F. The summed E-state index contributed by atoms with van der Waals surface area (Å²) in [4.78, 5) is 0. The van der Waals surface area contributed by atoms with Gasteiger partial charge < -0.3 is 10.1 Å². The van der Waals surface area contributed by atoms with Crippen molar-refractivity contribution in [3.63, 3.8) is 0 Å². The fourth-order valence-electron chi connectivity index (χ4n) is 1.79. The van der Waals surface area contributed by atoms with E-state index in [-0.39, 0.29) is 12.4 Å². The molecular formula is C15H18F3NO. The van der Waals surface area contributed by atoms with Crippen molar-refractivity contribution in [3.8, 4) is 5.75 Å². The Balaban J connectivity index is 2.15. The van der Waals surface area contributed by atoms with E-state index >= 15 is 0 Å². The van der Waals surface area contributed by atoms with Gasteiger partial charge in [-0.05, 0) is 43.0 Å². The van der Waals surface area contributed by atoms with E-state index in [1.54, 1.807) is 13.0 Å². The van der Waals surface area contributed by atoms with Gasteiger partial charge in [-0.2, -0.15) is 13.2 Å². The van der Waals surface area contributed by atoms with Crippen molar-refractivity contribution in [2.24, 2.45) is 0 Å². The van der Waals surface area contributed by atoms with Crippen molar-refractivity contribution >= 4 is 0 Å². The Morgan fingerprint density at radius 3 is 2.65 bits per heavy atom. The minimum atomic E-state index is -4.42. The van der Waals surface area contributed by atoms with Crippen LogP contribution >= 0.6 is 0 Å². The molecule has 2 nitrogen and oxygen atoms in total. The minimum Gasteiger partial charge on any atom is -0.489 e. The molecule has 0 bridgehead atoms. The monoisotopic (exact) mass is 285 g/mol. The zero-order valence-corrected chi connectivity index (χ0v) is 11.4.